The van der Waals surface area contributed by atoms with E-state index < -0.39 is 0 Å². The summed E-state index contributed by atoms with van der Waals surface area (Å²) in [6, 6.07) is 2.49. The highest BCUT2D eigenvalue weighted by atomic mass is 16.3. The summed E-state index contributed by atoms with van der Waals surface area (Å²) in [5.41, 5.74) is 0. The van der Waals surface area contributed by atoms with Crippen LogP contribution in [-0.2, 0) is 4.79 Å². The zero-order valence-electron chi connectivity index (χ0n) is 14.6. The molecule has 3 aliphatic rings. The van der Waals surface area contributed by atoms with Gasteiger partial charge in [-0.15, -0.1) is 0 Å². The Bertz CT molecular complexity index is 613. The molecule has 1 aromatic heterocycles. The summed E-state index contributed by atoms with van der Waals surface area (Å²) in [4.78, 5) is 25.1. The van der Waals surface area contributed by atoms with Gasteiger partial charge in [0.25, 0.3) is 0 Å². The van der Waals surface area contributed by atoms with Crippen LogP contribution in [-0.4, -0.2) is 64.2 Å². The molecule has 0 bridgehead atoms. The number of hydrogen-bond acceptors (Lipinski definition) is 6. The Morgan fingerprint density at radius 1 is 1.16 bits per heavy atom. The summed E-state index contributed by atoms with van der Waals surface area (Å²) in [7, 11) is 0. The van der Waals surface area contributed by atoms with Gasteiger partial charge in [-0.3, -0.25) is 4.79 Å². The number of aromatic nitrogens is 2. The molecule has 7 nitrogen and oxygen atoms in total. The Balaban J connectivity index is 1.34. The topological polar surface area (TPSA) is 81.6 Å². The number of aliphatic hydroxyl groups excluding tert-OH is 1. The van der Waals surface area contributed by atoms with Gasteiger partial charge < -0.3 is 20.2 Å². The molecule has 3 fully saturated rings. The summed E-state index contributed by atoms with van der Waals surface area (Å²) in [5, 5.41) is 13.0. The van der Waals surface area contributed by atoms with Crippen LogP contribution in [0.2, 0.25) is 0 Å². The molecule has 1 unspecified atom stereocenters. The van der Waals surface area contributed by atoms with Crippen molar-refractivity contribution < 1.29 is 9.90 Å². The fourth-order valence-corrected chi connectivity index (χ4v) is 3.95. The molecule has 1 amide bonds. The molecular weight excluding hydrogens is 318 g/mol. The van der Waals surface area contributed by atoms with E-state index in [1.54, 1.807) is 6.33 Å². The molecule has 0 aromatic carbocycles. The van der Waals surface area contributed by atoms with Crippen molar-refractivity contribution in [2.75, 3.05) is 36.5 Å². The van der Waals surface area contributed by atoms with Crippen molar-refractivity contribution in [2.24, 2.45) is 5.92 Å². The summed E-state index contributed by atoms with van der Waals surface area (Å²) >= 11 is 0. The highest BCUT2D eigenvalue weighted by molar-refractivity contribution is 5.81. The molecule has 0 spiro atoms. The van der Waals surface area contributed by atoms with E-state index in [0.29, 0.717) is 17.9 Å². The zero-order chi connectivity index (χ0) is 17.2. The molecule has 2 N–H and O–H groups in total. The highest BCUT2D eigenvalue weighted by Gasteiger charge is 2.35. The first-order valence-corrected chi connectivity index (χ1v) is 9.49. The Hall–Kier alpha value is -1.89. The third-order valence-corrected chi connectivity index (χ3v) is 5.62. The minimum Gasteiger partial charge on any atom is -0.394 e. The lowest BCUT2D eigenvalue weighted by molar-refractivity contribution is -0.133. The van der Waals surface area contributed by atoms with Crippen molar-refractivity contribution in [3.63, 3.8) is 0 Å². The molecule has 2 saturated heterocycles. The van der Waals surface area contributed by atoms with E-state index in [1.807, 2.05) is 11.0 Å². The molecule has 1 atom stereocenters. The fourth-order valence-electron chi connectivity index (χ4n) is 3.95. The zero-order valence-corrected chi connectivity index (χ0v) is 14.6. The maximum absolute atomic E-state index is 12.1. The van der Waals surface area contributed by atoms with E-state index in [-0.39, 0.29) is 12.6 Å². The summed E-state index contributed by atoms with van der Waals surface area (Å²) in [5.74, 6) is 2.39. The van der Waals surface area contributed by atoms with Crippen LogP contribution in [0, 0.1) is 5.92 Å². The van der Waals surface area contributed by atoms with Crippen LogP contribution in [0.3, 0.4) is 0 Å². The van der Waals surface area contributed by atoms with Gasteiger partial charge >= 0.3 is 0 Å². The standard InChI is InChI=1S/C18H27N5O2/c24-11-15-2-1-7-23(15)17-10-16(19-12-20-17)21-14-5-8-22(9-6-14)18(25)13-3-4-13/h10,12-15,24H,1-9,11H2,(H,19,20,21). The van der Waals surface area contributed by atoms with Crippen molar-refractivity contribution in [3.8, 4) is 0 Å². The third-order valence-electron chi connectivity index (χ3n) is 5.62. The van der Waals surface area contributed by atoms with Gasteiger partial charge in [-0.05, 0) is 38.5 Å². The quantitative estimate of drug-likeness (QED) is 0.836. The lowest BCUT2D eigenvalue weighted by Gasteiger charge is -2.33. The second kappa shape index (κ2) is 7.15. The number of amides is 1. The van der Waals surface area contributed by atoms with Crippen LogP contribution in [0.1, 0.15) is 38.5 Å². The van der Waals surface area contributed by atoms with Gasteiger partial charge in [0.05, 0.1) is 12.6 Å². The molecule has 3 heterocycles. The van der Waals surface area contributed by atoms with Crippen molar-refractivity contribution >= 4 is 17.5 Å². The predicted octanol–water partition coefficient (Wildman–Crippen LogP) is 1.25. The fraction of sp³-hybridized carbons (Fsp3) is 0.722. The second-order valence-corrected chi connectivity index (χ2v) is 7.45. The van der Waals surface area contributed by atoms with E-state index in [1.165, 1.54) is 0 Å². The summed E-state index contributed by atoms with van der Waals surface area (Å²) in [6.07, 6.45) is 7.76. The third kappa shape index (κ3) is 3.71. The smallest absolute Gasteiger partial charge is 0.225 e. The first-order chi connectivity index (χ1) is 12.2. The van der Waals surface area contributed by atoms with Crippen molar-refractivity contribution in [2.45, 2.75) is 50.6 Å². The van der Waals surface area contributed by atoms with Crippen LogP contribution in [0.15, 0.2) is 12.4 Å². The monoisotopic (exact) mass is 345 g/mol. The number of hydrogen-bond donors (Lipinski definition) is 2. The van der Waals surface area contributed by atoms with E-state index in [2.05, 4.69) is 20.2 Å². The van der Waals surface area contributed by atoms with Crippen LogP contribution in [0.5, 0.6) is 0 Å². The van der Waals surface area contributed by atoms with Crippen molar-refractivity contribution in [1.82, 2.24) is 14.9 Å². The molecule has 25 heavy (non-hydrogen) atoms. The number of piperidine rings is 1. The van der Waals surface area contributed by atoms with Gasteiger partial charge in [-0.2, -0.15) is 0 Å². The summed E-state index contributed by atoms with van der Waals surface area (Å²) < 4.78 is 0. The van der Waals surface area contributed by atoms with Crippen LogP contribution >= 0.6 is 0 Å². The number of rotatable bonds is 5. The minimum atomic E-state index is 0.166. The summed E-state index contributed by atoms with van der Waals surface area (Å²) in [6.45, 7) is 2.77. The van der Waals surface area contributed by atoms with Crippen LogP contribution in [0.4, 0.5) is 11.6 Å². The first-order valence-electron chi connectivity index (χ1n) is 9.49. The molecule has 136 valence electrons. The van der Waals surface area contributed by atoms with Crippen molar-refractivity contribution in [1.29, 1.82) is 0 Å². The largest absolute Gasteiger partial charge is 0.394 e. The lowest BCUT2D eigenvalue weighted by Crippen LogP contribution is -2.43. The van der Waals surface area contributed by atoms with Gasteiger partial charge in [0.1, 0.15) is 18.0 Å². The average molecular weight is 345 g/mol. The van der Waals surface area contributed by atoms with Crippen molar-refractivity contribution in [3.05, 3.63) is 12.4 Å². The number of carbonyl (C=O) groups is 1. The molecule has 4 rings (SSSR count). The molecule has 7 heteroatoms. The normalized spacial score (nSPS) is 24.6. The maximum atomic E-state index is 12.1. The average Bonchev–Trinajstić information content (AvgIpc) is 3.39. The van der Waals surface area contributed by atoms with E-state index in [4.69, 9.17) is 0 Å². The van der Waals surface area contributed by atoms with Gasteiger partial charge in [-0.1, -0.05) is 0 Å². The number of nitrogens with one attached hydrogen (secondary N) is 1. The lowest BCUT2D eigenvalue weighted by atomic mass is 10.0. The van der Waals surface area contributed by atoms with Gasteiger partial charge in [0.15, 0.2) is 0 Å². The molecule has 1 aliphatic carbocycles. The number of anilines is 2. The Labute approximate surface area is 148 Å². The molecule has 1 saturated carbocycles. The van der Waals surface area contributed by atoms with Crippen LogP contribution in [0.25, 0.3) is 0 Å². The Morgan fingerprint density at radius 3 is 2.68 bits per heavy atom. The molecular formula is C18H27N5O2. The molecule has 2 aliphatic heterocycles. The Kier molecular flexibility index (Phi) is 4.74. The van der Waals surface area contributed by atoms with Gasteiger partial charge in [-0.25, -0.2) is 9.97 Å². The number of aliphatic hydroxyl groups is 1. The highest BCUT2D eigenvalue weighted by Crippen LogP contribution is 2.32. The molecule has 1 aromatic rings. The first kappa shape index (κ1) is 16.6. The number of nitrogens with zero attached hydrogens (tertiary/aromatic N) is 4. The maximum Gasteiger partial charge on any atom is 0.225 e. The second-order valence-electron chi connectivity index (χ2n) is 7.45. The van der Waals surface area contributed by atoms with Gasteiger partial charge in [0.2, 0.25) is 5.91 Å². The van der Waals surface area contributed by atoms with Gasteiger partial charge in [0, 0.05) is 37.7 Å². The number of likely N-dealkylation sites (tertiary alicyclic amines) is 1. The van der Waals surface area contributed by atoms with E-state index >= 15 is 0 Å². The van der Waals surface area contributed by atoms with E-state index in [0.717, 1.165) is 69.8 Å². The van der Waals surface area contributed by atoms with Crippen LogP contribution < -0.4 is 10.2 Å². The Morgan fingerprint density at radius 2 is 1.96 bits per heavy atom. The SMILES string of the molecule is O=C(C1CC1)N1CCC(Nc2cc(N3CCCC3CO)ncn2)CC1. The molecule has 0 radical (unpaired) electrons. The number of carbonyl (C=O) groups excluding carboxylic acids is 1. The predicted molar refractivity (Wildman–Crippen MR) is 95.4 cm³/mol. The van der Waals surface area contributed by atoms with E-state index in [9.17, 15) is 9.90 Å². The minimum absolute atomic E-state index is 0.166.